The van der Waals surface area contributed by atoms with E-state index in [1.165, 1.54) is 0 Å². The molecule has 0 radical (unpaired) electrons. The molecule has 0 spiro atoms. The highest BCUT2D eigenvalue weighted by Crippen LogP contribution is 2.19. The van der Waals surface area contributed by atoms with Gasteiger partial charge in [0.25, 0.3) is 0 Å². The molecule has 0 fully saturated rings. The number of carbonyl (C=O) groups is 1. The van der Waals surface area contributed by atoms with Crippen LogP contribution in [0.5, 0.6) is 0 Å². The number of anilines is 1. The highest BCUT2D eigenvalue weighted by molar-refractivity contribution is 9.10. The van der Waals surface area contributed by atoms with Gasteiger partial charge in [-0.15, -0.1) is 0 Å². The first kappa shape index (κ1) is 13.5. The summed E-state index contributed by atoms with van der Waals surface area (Å²) in [4.78, 5) is 14.8. The molecule has 1 aromatic heterocycles. The van der Waals surface area contributed by atoms with E-state index in [2.05, 4.69) is 26.2 Å². The maximum absolute atomic E-state index is 13.0. The van der Waals surface area contributed by atoms with Gasteiger partial charge in [0.05, 0.1) is 6.20 Å². The Morgan fingerprint density at radius 1 is 1.42 bits per heavy atom. The van der Waals surface area contributed by atoms with E-state index in [-0.39, 0.29) is 11.4 Å². The maximum atomic E-state index is 13.0. The molecule has 0 atom stereocenters. The number of hydrogen-bond donors (Lipinski definition) is 2. The van der Waals surface area contributed by atoms with Gasteiger partial charge in [-0.2, -0.15) is 0 Å². The number of benzene rings is 1. The third-order valence-electron chi connectivity index (χ3n) is 2.49. The molecule has 1 heterocycles. The predicted molar refractivity (Wildman–Crippen MR) is 72.6 cm³/mol. The second-order valence-electron chi connectivity index (χ2n) is 3.80. The normalized spacial score (nSPS) is 10.2. The summed E-state index contributed by atoms with van der Waals surface area (Å²) in [6, 6.07) is 8.47. The van der Waals surface area contributed by atoms with E-state index in [1.807, 2.05) is 24.3 Å². The van der Waals surface area contributed by atoms with Crippen LogP contribution in [0.1, 0.15) is 15.9 Å². The summed E-state index contributed by atoms with van der Waals surface area (Å²) in [5.41, 5.74) is 0.761. The van der Waals surface area contributed by atoms with Crippen LogP contribution in [-0.2, 0) is 6.54 Å². The van der Waals surface area contributed by atoms with E-state index in [9.17, 15) is 9.18 Å². The van der Waals surface area contributed by atoms with E-state index < -0.39 is 11.8 Å². The van der Waals surface area contributed by atoms with Crippen molar-refractivity contribution in [2.45, 2.75) is 6.54 Å². The standard InChI is InChI=1S/C13H10BrFN2O2/c14-11-4-2-1-3-8(11)6-16-12-10(13(18)19)5-9(15)7-17-12/h1-5,7H,6H2,(H,16,17)(H,18,19). The van der Waals surface area contributed by atoms with Gasteiger partial charge in [0, 0.05) is 11.0 Å². The van der Waals surface area contributed by atoms with Crippen molar-refractivity contribution in [2.24, 2.45) is 0 Å². The Kier molecular flexibility index (Phi) is 4.11. The Morgan fingerprint density at radius 3 is 2.84 bits per heavy atom. The molecule has 4 nitrogen and oxygen atoms in total. The molecular formula is C13H10BrFN2O2. The van der Waals surface area contributed by atoms with Crippen LogP contribution in [0, 0.1) is 5.82 Å². The lowest BCUT2D eigenvalue weighted by Crippen LogP contribution is -2.09. The molecule has 0 saturated heterocycles. The topological polar surface area (TPSA) is 62.2 Å². The Labute approximate surface area is 117 Å². The fourth-order valence-corrected chi connectivity index (χ4v) is 1.99. The van der Waals surface area contributed by atoms with Crippen molar-refractivity contribution in [3.8, 4) is 0 Å². The Morgan fingerprint density at radius 2 is 2.16 bits per heavy atom. The van der Waals surface area contributed by atoms with Gasteiger partial charge in [0.2, 0.25) is 0 Å². The monoisotopic (exact) mass is 324 g/mol. The number of nitrogens with one attached hydrogen (secondary N) is 1. The minimum absolute atomic E-state index is 0.143. The first-order valence-electron chi connectivity index (χ1n) is 5.44. The second-order valence-corrected chi connectivity index (χ2v) is 4.65. The zero-order valence-corrected chi connectivity index (χ0v) is 11.3. The van der Waals surface area contributed by atoms with Crippen LogP contribution >= 0.6 is 15.9 Å². The number of carboxylic acids is 1. The van der Waals surface area contributed by atoms with Crippen LogP contribution in [0.4, 0.5) is 10.2 Å². The molecule has 1 aromatic carbocycles. The largest absolute Gasteiger partial charge is 0.478 e. The molecule has 2 N–H and O–H groups in total. The van der Waals surface area contributed by atoms with Crippen molar-refractivity contribution in [3.05, 3.63) is 57.9 Å². The fraction of sp³-hybridized carbons (Fsp3) is 0.0769. The third kappa shape index (κ3) is 3.29. The van der Waals surface area contributed by atoms with Crippen LogP contribution < -0.4 is 5.32 Å². The first-order valence-corrected chi connectivity index (χ1v) is 6.23. The molecule has 6 heteroatoms. The summed E-state index contributed by atoms with van der Waals surface area (Å²) in [6.45, 7) is 0.389. The van der Waals surface area contributed by atoms with E-state index in [4.69, 9.17) is 5.11 Å². The van der Waals surface area contributed by atoms with Crippen molar-refractivity contribution < 1.29 is 14.3 Å². The summed E-state index contributed by atoms with van der Waals surface area (Å²) in [5, 5.41) is 11.9. The second kappa shape index (κ2) is 5.79. The molecule has 0 amide bonds. The Balaban J connectivity index is 2.20. The number of carboxylic acid groups (broad SMARTS) is 1. The van der Waals surface area contributed by atoms with E-state index in [0.717, 1.165) is 22.3 Å². The first-order chi connectivity index (χ1) is 9.08. The van der Waals surface area contributed by atoms with Gasteiger partial charge in [-0.3, -0.25) is 0 Å². The quantitative estimate of drug-likeness (QED) is 0.905. The number of nitrogens with zero attached hydrogens (tertiary/aromatic N) is 1. The molecule has 0 saturated carbocycles. The van der Waals surface area contributed by atoms with E-state index >= 15 is 0 Å². The summed E-state index contributed by atoms with van der Waals surface area (Å²) < 4.78 is 13.9. The average Bonchev–Trinajstić information content (AvgIpc) is 2.38. The van der Waals surface area contributed by atoms with Gasteiger partial charge in [-0.05, 0) is 17.7 Å². The van der Waals surface area contributed by atoms with E-state index in [1.54, 1.807) is 0 Å². The highest BCUT2D eigenvalue weighted by Gasteiger charge is 2.12. The SMILES string of the molecule is O=C(O)c1cc(F)cnc1NCc1ccccc1Br. The number of aromatic carboxylic acids is 1. The maximum Gasteiger partial charge on any atom is 0.339 e. The molecule has 2 rings (SSSR count). The minimum Gasteiger partial charge on any atom is -0.478 e. The summed E-state index contributed by atoms with van der Waals surface area (Å²) in [6.07, 6.45) is 0.981. The van der Waals surface area contributed by atoms with Crippen molar-refractivity contribution in [2.75, 3.05) is 5.32 Å². The average molecular weight is 325 g/mol. The molecule has 0 unspecified atom stereocenters. The molecule has 0 aliphatic heterocycles. The van der Waals surface area contributed by atoms with Crippen molar-refractivity contribution >= 4 is 27.7 Å². The Hall–Kier alpha value is -1.95. The number of halogens is 2. The van der Waals surface area contributed by atoms with Crippen LogP contribution in [0.3, 0.4) is 0 Å². The van der Waals surface area contributed by atoms with Gasteiger partial charge in [0.1, 0.15) is 17.2 Å². The number of aromatic nitrogens is 1. The van der Waals surface area contributed by atoms with Crippen LogP contribution in [-0.4, -0.2) is 16.1 Å². The molecule has 2 aromatic rings. The minimum atomic E-state index is -1.22. The summed E-state index contributed by atoms with van der Waals surface area (Å²) >= 11 is 3.39. The van der Waals surface area contributed by atoms with Crippen LogP contribution in [0.15, 0.2) is 41.0 Å². The van der Waals surface area contributed by atoms with Gasteiger partial charge >= 0.3 is 5.97 Å². The lowest BCUT2D eigenvalue weighted by molar-refractivity contribution is 0.0697. The molecule has 0 aliphatic carbocycles. The van der Waals surface area contributed by atoms with Crippen LogP contribution in [0.25, 0.3) is 0 Å². The third-order valence-corrected chi connectivity index (χ3v) is 3.26. The van der Waals surface area contributed by atoms with Crippen molar-refractivity contribution in [1.29, 1.82) is 0 Å². The highest BCUT2D eigenvalue weighted by atomic mass is 79.9. The van der Waals surface area contributed by atoms with Gasteiger partial charge in [-0.25, -0.2) is 14.2 Å². The van der Waals surface area contributed by atoms with Crippen LogP contribution in [0.2, 0.25) is 0 Å². The van der Waals surface area contributed by atoms with Crippen molar-refractivity contribution in [3.63, 3.8) is 0 Å². The molecule has 19 heavy (non-hydrogen) atoms. The lowest BCUT2D eigenvalue weighted by atomic mass is 10.2. The Bertz CT molecular complexity index is 619. The number of rotatable bonds is 4. The molecule has 98 valence electrons. The van der Waals surface area contributed by atoms with E-state index in [0.29, 0.717) is 6.54 Å². The summed E-state index contributed by atoms with van der Waals surface area (Å²) in [5.74, 6) is -1.75. The zero-order valence-electron chi connectivity index (χ0n) is 9.73. The molecule has 0 aliphatic rings. The number of hydrogen-bond acceptors (Lipinski definition) is 3. The predicted octanol–water partition coefficient (Wildman–Crippen LogP) is 3.29. The molecule has 0 bridgehead atoms. The fourth-order valence-electron chi connectivity index (χ4n) is 1.56. The molecular weight excluding hydrogens is 315 g/mol. The smallest absolute Gasteiger partial charge is 0.339 e. The summed E-state index contributed by atoms with van der Waals surface area (Å²) in [7, 11) is 0. The zero-order chi connectivity index (χ0) is 13.8. The van der Waals surface area contributed by atoms with Crippen molar-refractivity contribution in [1.82, 2.24) is 4.98 Å². The lowest BCUT2D eigenvalue weighted by Gasteiger charge is -2.09. The van der Waals surface area contributed by atoms with Gasteiger partial charge in [-0.1, -0.05) is 34.1 Å². The van der Waals surface area contributed by atoms with Gasteiger partial charge in [0.15, 0.2) is 0 Å². The number of pyridine rings is 1. The van der Waals surface area contributed by atoms with Gasteiger partial charge < -0.3 is 10.4 Å².